The Balaban J connectivity index is 1.49. The van der Waals surface area contributed by atoms with Gasteiger partial charge in [0.15, 0.2) is 0 Å². The molecule has 1 saturated heterocycles. The molecule has 4 nitrogen and oxygen atoms in total. The molecule has 2 N–H and O–H groups in total. The summed E-state index contributed by atoms with van der Waals surface area (Å²) in [5.41, 5.74) is 1.18. The number of nitrogens with one attached hydrogen (secondary N) is 2. The van der Waals surface area contributed by atoms with Gasteiger partial charge in [0.05, 0.1) is 0 Å². The molecule has 1 saturated carbocycles. The van der Waals surface area contributed by atoms with Crippen LogP contribution in [0.3, 0.4) is 0 Å². The first kappa shape index (κ1) is 10.3. The standard InChI is InChI=1S/C12H20N4/c1-9-6-11(8-16(9)12-2-3-12)13-7-10-4-5-14-15-10/h4-5,9,11-13H,2-3,6-8H2,1H3,(H,14,15). The Hall–Kier alpha value is -0.870. The number of aromatic nitrogens is 2. The number of H-pyrrole nitrogens is 1. The molecule has 4 heteroatoms. The summed E-state index contributed by atoms with van der Waals surface area (Å²) in [6, 6.07) is 4.34. The Labute approximate surface area is 96.4 Å². The van der Waals surface area contributed by atoms with E-state index in [1.165, 1.54) is 31.5 Å². The largest absolute Gasteiger partial charge is 0.307 e. The highest BCUT2D eigenvalue weighted by Gasteiger charge is 2.38. The van der Waals surface area contributed by atoms with Crippen LogP contribution in [0.15, 0.2) is 12.3 Å². The Bertz CT molecular complexity index is 331. The predicted molar refractivity (Wildman–Crippen MR) is 63.0 cm³/mol. The predicted octanol–water partition coefficient (Wildman–Crippen LogP) is 1.12. The molecular weight excluding hydrogens is 200 g/mol. The van der Waals surface area contributed by atoms with Gasteiger partial charge >= 0.3 is 0 Å². The molecular formula is C12H20N4. The molecule has 3 rings (SSSR count). The quantitative estimate of drug-likeness (QED) is 0.799. The highest BCUT2D eigenvalue weighted by Crippen LogP contribution is 2.33. The highest BCUT2D eigenvalue weighted by atomic mass is 15.3. The molecule has 1 aromatic rings. The fraction of sp³-hybridized carbons (Fsp3) is 0.750. The summed E-state index contributed by atoms with van der Waals surface area (Å²) >= 11 is 0. The van der Waals surface area contributed by atoms with Crippen LogP contribution in [0.2, 0.25) is 0 Å². The van der Waals surface area contributed by atoms with Crippen molar-refractivity contribution in [3.05, 3.63) is 18.0 Å². The van der Waals surface area contributed by atoms with E-state index in [1.807, 2.05) is 12.3 Å². The van der Waals surface area contributed by atoms with Gasteiger partial charge in [-0.3, -0.25) is 10.00 Å². The molecule has 1 aliphatic heterocycles. The van der Waals surface area contributed by atoms with Crippen LogP contribution in [0.1, 0.15) is 31.9 Å². The molecule has 2 aliphatic rings. The summed E-state index contributed by atoms with van der Waals surface area (Å²) in [7, 11) is 0. The van der Waals surface area contributed by atoms with Crippen molar-refractivity contribution in [1.29, 1.82) is 0 Å². The molecule has 0 amide bonds. The van der Waals surface area contributed by atoms with Crippen molar-refractivity contribution in [2.75, 3.05) is 6.54 Å². The summed E-state index contributed by atoms with van der Waals surface area (Å²) in [5, 5.41) is 10.6. The number of hydrogen-bond acceptors (Lipinski definition) is 3. The molecule has 2 heterocycles. The van der Waals surface area contributed by atoms with E-state index >= 15 is 0 Å². The number of rotatable bonds is 4. The van der Waals surface area contributed by atoms with Crippen LogP contribution in [0.25, 0.3) is 0 Å². The van der Waals surface area contributed by atoms with Gasteiger partial charge in [-0.15, -0.1) is 0 Å². The van der Waals surface area contributed by atoms with Gasteiger partial charge < -0.3 is 5.32 Å². The zero-order valence-electron chi connectivity index (χ0n) is 9.82. The summed E-state index contributed by atoms with van der Waals surface area (Å²) in [5.74, 6) is 0. The lowest BCUT2D eigenvalue weighted by Gasteiger charge is -2.19. The number of likely N-dealkylation sites (tertiary alicyclic amines) is 1. The summed E-state index contributed by atoms with van der Waals surface area (Å²) in [4.78, 5) is 2.67. The Kier molecular flexibility index (Phi) is 2.69. The number of hydrogen-bond donors (Lipinski definition) is 2. The monoisotopic (exact) mass is 220 g/mol. The molecule has 0 aromatic carbocycles. The van der Waals surface area contributed by atoms with Gasteiger partial charge in [0.2, 0.25) is 0 Å². The van der Waals surface area contributed by atoms with Crippen molar-refractivity contribution >= 4 is 0 Å². The van der Waals surface area contributed by atoms with Crippen LogP contribution in [0.4, 0.5) is 0 Å². The molecule has 88 valence electrons. The Morgan fingerprint density at radius 2 is 2.44 bits per heavy atom. The van der Waals surface area contributed by atoms with Gasteiger partial charge in [0.1, 0.15) is 0 Å². The van der Waals surface area contributed by atoms with Gasteiger partial charge in [0.25, 0.3) is 0 Å². The first-order valence-corrected chi connectivity index (χ1v) is 6.30. The van der Waals surface area contributed by atoms with Gasteiger partial charge in [-0.1, -0.05) is 0 Å². The minimum absolute atomic E-state index is 0.652. The zero-order valence-corrected chi connectivity index (χ0v) is 9.82. The van der Waals surface area contributed by atoms with Crippen LogP contribution < -0.4 is 5.32 Å². The minimum Gasteiger partial charge on any atom is -0.307 e. The third-order valence-electron chi connectivity index (χ3n) is 3.78. The van der Waals surface area contributed by atoms with Gasteiger partial charge in [0, 0.05) is 43.1 Å². The van der Waals surface area contributed by atoms with E-state index < -0.39 is 0 Å². The topological polar surface area (TPSA) is 44.0 Å². The lowest BCUT2D eigenvalue weighted by molar-refractivity contribution is 0.255. The van der Waals surface area contributed by atoms with Crippen LogP contribution in [-0.2, 0) is 6.54 Å². The Morgan fingerprint density at radius 1 is 1.56 bits per heavy atom. The maximum absolute atomic E-state index is 3.96. The van der Waals surface area contributed by atoms with Crippen LogP contribution in [0, 0.1) is 0 Å². The second-order valence-electron chi connectivity index (χ2n) is 5.17. The first-order valence-electron chi connectivity index (χ1n) is 6.30. The molecule has 16 heavy (non-hydrogen) atoms. The maximum atomic E-state index is 3.96. The van der Waals surface area contributed by atoms with E-state index in [1.54, 1.807) is 0 Å². The van der Waals surface area contributed by atoms with E-state index in [-0.39, 0.29) is 0 Å². The minimum atomic E-state index is 0.652. The third kappa shape index (κ3) is 2.13. The summed E-state index contributed by atoms with van der Waals surface area (Å²) in [6.45, 7) is 4.49. The summed E-state index contributed by atoms with van der Waals surface area (Å²) < 4.78 is 0. The fourth-order valence-electron chi connectivity index (χ4n) is 2.76. The van der Waals surface area contributed by atoms with Crippen LogP contribution in [-0.4, -0.2) is 39.8 Å². The van der Waals surface area contributed by atoms with E-state index in [4.69, 9.17) is 0 Å². The molecule has 0 radical (unpaired) electrons. The van der Waals surface area contributed by atoms with E-state index in [2.05, 4.69) is 27.3 Å². The molecule has 2 fully saturated rings. The zero-order chi connectivity index (χ0) is 11.0. The lowest BCUT2D eigenvalue weighted by Crippen LogP contribution is -2.33. The van der Waals surface area contributed by atoms with Crippen molar-refractivity contribution in [3.8, 4) is 0 Å². The molecule has 2 atom stereocenters. The third-order valence-corrected chi connectivity index (χ3v) is 3.78. The SMILES string of the molecule is CC1CC(NCc2ccn[nH]2)CN1C1CC1. The van der Waals surface area contributed by atoms with E-state index in [0.717, 1.165) is 18.6 Å². The number of nitrogens with zero attached hydrogens (tertiary/aromatic N) is 2. The van der Waals surface area contributed by atoms with Crippen molar-refractivity contribution < 1.29 is 0 Å². The molecule has 1 aliphatic carbocycles. The second kappa shape index (κ2) is 4.18. The van der Waals surface area contributed by atoms with Crippen molar-refractivity contribution in [2.45, 2.75) is 50.9 Å². The second-order valence-corrected chi connectivity index (χ2v) is 5.17. The molecule has 0 spiro atoms. The van der Waals surface area contributed by atoms with E-state index in [0.29, 0.717) is 6.04 Å². The molecule has 1 aromatic heterocycles. The average molecular weight is 220 g/mol. The fourth-order valence-corrected chi connectivity index (χ4v) is 2.76. The normalized spacial score (nSPS) is 31.1. The van der Waals surface area contributed by atoms with Crippen molar-refractivity contribution in [2.24, 2.45) is 0 Å². The molecule has 0 bridgehead atoms. The van der Waals surface area contributed by atoms with Crippen LogP contribution in [0.5, 0.6) is 0 Å². The number of aromatic amines is 1. The van der Waals surface area contributed by atoms with Gasteiger partial charge in [-0.25, -0.2) is 0 Å². The maximum Gasteiger partial charge on any atom is 0.0490 e. The summed E-state index contributed by atoms with van der Waals surface area (Å²) in [6.07, 6.45) is 5.92. The smallest absolute Gasteiger partial charge is 0.0490 e. The van der Waals surface area contributed by atoms with Gasteiger partial charge in [-0.2, -0.15) is 5.10 Å². The average Bonchev–Trinajstić information content (AvgIpc) is 2.85. The van der Waals surface area contributed by atoms with Gasteiger partial charge in [-0.05, 0) is 32.3 Å². The van der Waals surface area contributed by atoms with Crippen molar-refractivity contribution in [3.63, 3.8) is 0 Å². The van der Waals surface area contributed by atoms with E-state index in [9.17, 15) is 0 Å². The van der Waals surface area contributed by atoms with Crippen LogP contribution >= 0.6 is 0 Å². The highest BCUT2D eigenvalue weighted by molar-refractivity contribution is 5.00. The first-order chi connectivity index (χ1) is 7.83. The molecule has 2 unspecified atom stereocenters. The lowest BCUT2D eigenvalue weighted by atomic mass is 10.2. The van der Waals surface area contributed by atoms with Crippen molar-refractivity contribution in [1.82, 2.24) is 20.4 Å². The Morgan fingerprint density at radius 3 is 3.12 bits per heavy atom.